The Labute approximate surface area is 233 Å². The van der Waals surface area contributed by atoms with Crippen molar-refractivity contribution in [2.24, 2.45) is 7.05 Å². The van der Waals surface area contributed by atoms with E-state index >= 15 is 4.39 Å². The smallest absolute Gasteiger partial charge is 0.326 e. The Morgan fingerprint density at radius 1 is 1.07 bits per heavy atom. The predicted molar refractivity (Wildman–Crippen MR) is 146 cm³/mol. The SMILES string of the molecule is Cc1ccc(-c2nc(-c3ccc(CC(NC(=O)c4cnc(-c5ccc(Cl)cc5)n4C)C(=O)O)cc3F)no2)cc1. The summed E-state index contributed by atoms with van der Waals surface area (Å²) >= 11 is 5.95. The van der Waals surface area contributed by atoms with Crippen LogP contribution in [0.15, 0.2) is 77.4 Å². The zero-order chi connectivity index (χ0) is 28.4. The number of benzene rings is 3. The second-order valence-corrected chi connectivity index (χ2v) is 9.64. The molecule has 11 heteroatoms. The van der Waals surface area contributed by atoms with Gasteiger partial charge in [-0.2, -0.15) is 4.98 Å². The fourth-order valence-corrected chi connectivity index (χ4v) is 4.29. The molecule has 9 nitrogen and oxygen atoms in total. The monoisotopic (exact) mass is 559 g/mol. The number of rotatable bonds is 8. The topological polar surface area (TPSA) is 123 Å². The number of amides is 1. The molecule has 2 N–H and O–H groups in total. The molecule has 1 atom stereocenters. The third kappa shape index (κ3) is 5.62. The number of aromatic nitrogens is 4. The molecule has 0 fully saturated rings. The number of imidazole rings is 1. The molecule has 0 aliphatic heterocycles. The fourth-order valence-electron chi connectivity index (χ4n) is 4.17. The van der Waals surface area contributed by atoms with Gasteiger partial charge in [0.1, 0.15) is 23.4 Å². The molecule has 0 bridgehead atoms. The van der Waals surface area contributed by atoms with E-state index in [1.165, 1.54) is 18.3 Å². The summed E-state index contributed by atoms with van der Waals surface area (Å²) in [5.41, 5.74) is 3.15. The average Bonchev–Trinajstić information content (AvgIpc) is 3.56. The second-order valence-electron chi connectivity index (χ2n) is 9.20. The highest BCUT2D eigenvalue weighted by Gasteiger charge is 2.24. The maximum atomic E-state index is 15.0. The molecule has 2 heterocycles. The van der Waals surface area contributed by atoms with E-state index in [2.05, 4.69) is 20.4 Å². The number of aryl methyl sites for hydroxylation is 1. The van der Waals surface area contributed by atoms with E-state index in [9.17, 15) is 14.7 Å². The van der Waals surface area contributed by atoms with Crippen molar-refractivity contribution in [2.45, 2.75) is 19.4 Å². The van der Waals surface area contributed by atoms with Crippen LogP contribution in [-0.2, 0) is 18.3 Å². The number of hydrogen-bond acceptors (Lipinski definition) is 6. The molecule has 2 aromatic heterocycles. The second kappa shape index (κ2) is 11.1. The van der Waals surface area contributed by atoms with Crippen LogP contribution in [0.25, 0.3) is 34.2 Å². The molecule has 0 aliphatic carbocycles. The Kier molecular flexibility index (Phi) is 7.43. The van der Waals surface area contributed by atoms with Crippen molar-refractivity contribution >= 4 is 23.5 Å². The first-order valence-corrected chi connectivity index (χ1v) is 12.6. The van der Waals surface area contributed by atoms with E-state index in [0.29, 0.717) is 22.0 Å². The van der Waals surface area contributed by atoms with E-state index in [-0.39, 0.29) is 29.4 Å². The summed E-state index contributed by atoms with van der Waals surface area (Å²) in [7, 11) is 1.65. The van der Waals surface area contributed by atoms with Crippen LogP contribution in [-0.4, -0.2) is 42.7 Å². The Balaban J connectivity index is 1.30. The number of carboxylic acid groups (broad SMARTS) is 1. The number of nitrogens with zero attached hydrogens (tertiary/aromatic N) is 4. The van der Waals surface area contributed by atoms with Crippen LogP contribution in [0.4, 0.5) is 4.39 Å². The maximum absolute atomic E-state index is 15.0. The van der Waals surface area contributed by atoms with Crippen LogP contribution < -0.4 is 5.32 Å². The summed E-state index contributed by atoms with van der Waals surface area (Å²) in [4.78, 5) is 33.5. The summed E-state index contributed by atoms with van der Waals surface area (Å²) in [5.74, 6) is -1.72. The first-order valence-electron chi connectivity index (χ1n) is 12.2. The van der Waals surface area contributed by atoms with Gasteiger partial charge in [0.25, 0.3) is 11.8 Å². The van der Waals surface area contributed by atoms with Crippen LogP contribution in [0, 0.1) is 12.7 Å². The Morgan fingerprint density at radius 3 is 2.45 bits per heavy atom. The van der Waals surface area contributed by atoms with Crippen LogP contribution in [0.5, 0.6) is 0 Å². The average molecular weight is 560 g/mol. The lowest BCUT2D eigenvalue weighted by Crippen LogP contribution is -2.42. The lowest BCUT2D eigenvalue weighted by Gasteiger charge is -2.15. The lowest BCUT2D eigenvalue weighted by atomic mass is 10.0. The van der Waals surface area contributed by atoms with Gasteiger partial charge in [0.15, 0.2) is 0 Å². The van der Waals surface area contributed by atoms with Gasteiger partial charge >= 0.3 is 5.97 Å². The highest BCUT2D eigenvalue weighted by molar-refractivity contribution is 6.30. The molecule has 40 heavy (non-hydrogen) atoms. The van der Waals surface area contributed by atoms with E-state index < -0.39 is 23.7 Å². The third-order valence-corrected chi connectivity index (χ3v) is 6.62. The maximum Gasteiger partial charge on any atom is 0.326 e. The molecule has 5 aromatic rings. The van der Waals surface area contributed by atoms with Crippen molar-refractivity contribution in [1.29, 1.82) is 0 Å². The minimum Gasteiger partial charge on any atom is -0.480 e. The molecular formula is C29H23ClFN5O4. The van der Waals surface area contributed by atoms with Gasteiger partial charge in [0.05, 0.1) is 11.8 Å². The molecule has 0 aliphatic rings. The number of carboxylic acids is 1. The highest BCUT2D eigenvalue weighted by atomic mass is 35.5. The van der Waals surface area contributed by atoms with Gasteiger partial charge in [-0.15, -0.1) is 0 Å². The van der Waals surface area contributed by atoms with Gasteiger partial charge in [-0.1, -0.05) is 40.5 Å². The quantitative estimate of drug-likeness (QED) is 0.263. The number of carbonyl (C=O) groups excluding carboxylic acids is 1. The summed E-state index contributed by atoms with van der Waals surface area (Å²) in [6, 6.07) is 17.3. The predicted octanol–water partition coefficient (Wildman–Crippen LogP) is 5.33. The van der Waals surface area contributed by atoms with Crippen molar-refractivity contribution in [3.63, 3.8) is 0 Å². The zero-order valence-electron chi connectivity index (χ0n) is 21.4. The first kappa shape index (κ1) is 26.8. The molecule has 3 aromatic carbocycles. The summed E-state index contributed by atoms with van der Waals surface area (Å²) in [5, 5.41) is 16.7. The first-order chi connectivity index (χ1) is 19.2. The molecule has 0 saturated heterocycles. The minimum absolute atomic E-state index is 0.0652. The molecule has 0 spiro atoms. The van der Waals surface area contributed by atoms with Crippen LogP contribution in [0.3, 0.4) is 0 Å². The van der Waals surface area contributed by atoms with Gasteiger partial charge in [0, 0.05) is 29.6 Å². The molecule has 0 radical (unpaired) electrons. The van der Waals surface area contributed by atoms with Crippen LogP contribution in [0.1, 0.15) is 21.6 Å². The van der Waals surface area contributed by atoms with E-state index in [4.69, 9.17) is 16.1 Å². The fraction of sp³-hybridized carbons (Fsp3) is 0.138. The molecule has 1 amide bonds. The number of hydrogen-bond donors (Lipinski definition) is 2. The molecule has 202 valence electrons. The van der Waals surface area contributed by atoms with Crippen molar-refractivity contribution < 1.29 is 23.6 Å². The van der Waals surface area contributed by atoms with Gasteiger partial charge < -0.3 is 19.5 Å². The van der Waals surface area contributed by atoms with E-state index in [1.54, 1.807) is 41.9 Å². The van der Waals surface area contributed by atoms with Gasteiger partial charge in [-0.3, -0.25) is 4.79 Å². The van der Waals surface area contributed by atoms with Gasteiger partial charge in [-0.05, 0) is 61.0 Å². The number of carbonyl (C=O) groups is 2. The molecular weight excluding hydrogens is 537 g/mol. The number of aliphatic carboxylic acids is 1. The molecule has 5 rings (SSSR count). The van der Waals surface area contributed by atoms with E-state index in [0.717, 1.165) is 11.1 Å². The van der Waals surface area contributed by atoms with Crippen molar-refractivity contribution in [3.05, 3.63) is 101 Å². The lowest BCUT2D eigenvalue weighted by molar-refractivity contribution is -0.139. The largest absolute Gasteiger partial charge is 0.480 e. The van der Waals surface area contributed by atoms with Crippen molar-refractivity contribution in [3.8, 4) is 34.2 Å². The van der Waals surface area contributed by atoms with Crippen molar-refractivity contribution in [2.75, 3.05) is 0 Å². The Hall–Kier alpha value is -4.83. The molecule has 1 unspecified atom stereocenters. The van der Waals surface area contributed by atoms with Crippen molar-refractivity contribution in [1.82, 2.24) is 25.0 Å². The highest BCUT2D eigenvalue weighted by Crippen LogP contribution is 2.26. The summed E-state index contributed by atoms with van der Waals surface area (Å²) < 4.78 is 21.9. The zero-order valence-corrected chi connectivity index (χ0v) is 22.2. The minimum atomic E-state index is -1.31. The summed E-state index contributed by atoms with van der Waals surface area (Å²) in [6.45, 7) is 1.96. The van der Waals surface area contributed by atoms with Crippen LogP contribution in [0.2, 0.25) is 5.02 Å². The Bertz CT molecular complexity index is 1700. The summed E-state index contributed by atoms with van der Waals surface area (Å²) in [6.07, 6.45) is 1.21. The standard InChI is InChI=1S/C29H23ClFN5O4/c1-16-3-6-19(7-4-16)28-34-25(35-40-28)21-12-5-17(13-22(21)31)14-23(29(38)39)33-27(37)24-15-32-26(36(24)2)18-8-10-20(30)11-9-18/h3-13,15,23H,14H2,1-2H3,(H,33,37)(H,38,39). The Morgan fingerprint density at radius 2 is 1.77 bits per heavy atom. The number of halogens is 2. The third-order valence-electron chi connectivity index (χ3n) is 6.37. The molecule has 0 saturated carbocycles. The van der Waals surface area contributed by atoms with E-state index in [1.807, 2.05) is 31.2 Å². The van der Waals surface area contributed by atoms with Crippen LogP contribution >= 0.6 is 11.6 Å². The van der Waals surface area contributed by atoms with Gasteiger partial charge in [0.2, 0.25) is 5.82 Å². The normalized spacial score (nSPS) is 11.8. The van der Waals surface area contributed by atoms with Gasteiger partial charge in [-0.25, -0.2) is 14.2 Å². The number of nitrogens with one attached hydrogen (secondary N) is 1.